The summed E-state index contributed by atoms with van der Waals surface area (Å²) in [6.07, 6.45) is -0.935. The van der Waals surface area contributed by atoms with Crippen LogP contribution in [0.2, 0.25) is 5.02 Å². The average Bonchev–Trinajstić information content (AvgIpc) is 3.08. The van der Waals surface area contributed by atoms with Gasteiger partial charge in [-0.1, -0.05) is 23.4 Å². The van der Waals surface area contributed by atoms with Crippen molar-refractivity contribution in [3.05, 3.63) is 53.1 Å². The van der Waals surface area contributed by atoms with Crippen LogP contribution in [0.4, 0.5) is 0 Å². The molecule has 2 aromatic rings. The van der Waals surface area contributed by atoms with Crippen LogP contribution >= 0.6 is 23.4 Å². The molecule has 29 heavy (non-hydrogen) atoms. The minimum Gasteiger partial charge on any atom is -0.485 e. The van der Waals surface area contributed by atoms with E-state index >= 15 is 0 Å². The van der Waals surface area contributed by atoms with Gasteiger partial charge in [0.2, 0.25) is 15.0 Å². The molecule has 9 heteroatoms. The van der Waals surface area contributed by atoms with E-state index in [0.29, 0.717) is 22.2 Å². The van der Waals surface area contributed by atoms with Crippen molar-refractivity contribution < 1.29 is 23.1 Å². The maximum atomic E-state index is 13.1. The summed E-state index contributed by atoms with van der Waals surface area (Å²) in [7, 11) is -3.78. The van der Waals surface area contributed by atoms with Crippen LogP contribution in [0.1, 0.15) is 25.5 Å². The van der Waals surface area contributed by atoms with Gasteiger partial charge >= 0.3 is 0 Å². The molecular weight excluding hydrogens is 434 g/mol. The van der Waals surface area contributed by atoms with Crippen molar-refractivity contribution in [3.8, 4) is 5.75 Å². The lowest BCUT2D eigenvalue weighted by molar-refractivity contribution is -0.115. The first-order chi connectivity index (χ1) is 13.6. The van der Waals surface area contributed by atoms with Gasteiger partial charge in [-0.15, -0.1) is 0 Å². The first-order valence-electron chi connectivity index (χ1n) is 9.01. The summed E-state index contributed by atoms with van der Waals surface area (Å²) in [4.78, 5) is 13.9. The highest BCUT2D eigenvalue weighted by molar-refractivity contribution is 8.14. The Bertz CT molecular complexity index is 1070. The molecule has 154 valence electrons. The number of nitrogens with zero attached hydrogens (tertiary/aromatic N) is 1. The van der Waals surface area contributed by atoms with Crippen molar-refractivity contribution >= 4 is 38.3 Å². The summed E-state index contributed by atoms with van der Waals surface area (Å²) in [6.45, 7) is 3.74. The first-order valence-corrected chi connectivity index (χ1v) is 11.9. The van der Waals surface area contributed by atoms with Gasteiger partial charge < -0.3 is 9.84 Å². The zero-order valence-corrected chi connectivity index (χ0v) is 18.2. The molecule has 6 nitrogen and oxygen atoms in total. The van der Waals surface area contributed by atoms with Gasteiger partial charge in [-0.2, -0.15) is 0 Å². The number of benzene rings is 2. The standard InChI is InChI=1S/C20H20ClNO5S2/c1-20(2)19(24)18(22-10-17(23)28-11-22)15-9-14(7-8-16(15)27-20)29(25,26)13-5-3-12(21)4-6-13/h3-9,18-19,24H,10-11H2,1-2H3/t18-,19+/m0/s1. The van der Waals surface area contributed by atoms with Gasteiger partial charge in [-0.3, -0.25) is 9.69 Å². The van der Waals surface area contributed by atoms with E-state index in [1.165, 1.54) is 48.2 Å². The molecule has 1 fully saturated rings. The van der Waals surface area contributed by atoms with E-state index in [0.717, 1.165) is 0 Å². The van der Waals surface area contributed by atoms with Crippen LogP contribution in [0, 0.1) is 0 Å². The van der Waals surface area contributed by atoms with Gasteiger partial charge in [0.25, 0.3) is 0 Å². The molecule has 2 aliphatic rings. The zero-order chi connectivity index (χ0) is 21.0. The molecule has 0 unspecified atom stereocenters. The van der Waals surface area contributed by atoms with Crippen LogP contribution in [0.15, 0.2) is 52.3 Å². The third-order valence-electron chi connectivity index (χ3n) is 5.24. The Morgan fingerprint density at radius 3 is 2.45 bits per heavy atom. The number of sulfone groups is 1. The van der Waals surface area contributed by atoms with Gasteiger partial charge in [0, 0.05) is 10.6 Å². The molecule has 2 heterocycles. The Morgan fingerprint density at radius 1 is 1.17 bits per heavy atom. The average molecular weight is 454 g/mol. The van der Waals surface area contributed by atoms with E-state index in [1.54, 1.807) is 19.9 Å². The molecule has 0 amide bonds. The number of fused-ring (bicyclic) bond motifs is 1. The number of rotatable bonds is 3. The Balaban J connectivity index is 1.81. The van der Waals surface area contributed by atoms with E-state index < -0.39 is 27.6 Å². The Hall–Kier alpha value is -1.58. The van der Waals surface area contributed by atoms with E-state index in [9.17, 15) is 18.3 Å². The van der Waals surface area contributed by atoms with Gasteiger partial charge in [-0.05, 0) is 56.3 Å². The number of aliphatic hydroxyl groups excluding tert-OH is 1. The third-order valence-corrected chi connectivity index (χ3v) is 8.17. The van der Waals surface area contributed by atoms with Crippen LogP contribution in [-0.4, -0.2) is 47.7 Å². The number of hydrogen-bond donors (Lipinski definition) is 1. The van der Waals surface area contributed by atoms with Crippen LogP contribution in [0.5, 0.6) is 5.75 Å². The van der Waals surface area contributed by atoms with Crippen LogP contribution < -0.4 is 4.74 Å². The molecule has 0 bridgehead atoms. The number of halogens is 1. The number of thioether (sulfide) groups is 1. The molecular formula is C20H20ClNO5S2. The highest BCUT2D eigenvalue weighted by Gasteiger charge is 2.47. The van der Waals surface area contributed by atoms with Crippen molar-refractivity contribution in [2.24, 2.45) is 0 Å². The van der Waals surface area contributed by atoms with Gasteiger partial charge in [0.15, 0.2) is 0 Å². The summed E-state index contributed by atoms with van der Waals surface area (Å²) in [6, 6.07) is 10.1. The van der Waals surface area contributed by atoms with Crippen LogP contribution in [0.25, 0.3) is 0 Å². The number of hydrogen-bond acceptors (Lipinski definition) is 7. The molecule has 2 aliphatic heterocycles. The van der Waals surface area contributed by atoms with Crippen molar-refractivity contribution in [3.63, 3.8) is 0 Å². The van der Waals surface area contributed by atoms with E-state index in [2.05, 4.69) is 0 Å². The molecule has 0 aromatic heterocycles. The van der Waals surface area contributed by atoms with Crippen molar-refractivity contribution in [2.45, 2.75) is 41.4 Å². The monoisotopic (exact) mass is 453 g/mol. The summed E-state index contributed by atoms with van der Waals surface area (Å²) >= 11 is 7.06. The molecule has 0 saturated carbocycles. The topological polar surface area (TPSA) is 83.9 Å². The Morgan fingerprint density at radius 2 is 1.83 bits per heavy atom. The second kappa shape index (κ2) is 7.28. The SMILES string of the molecule is CC1(C)Oc2ccc(S(=O)(=O)c3ccc(Cl)cc3)cc2[C@H](N2CSC(=O)C2)[C@H]1O. The van der Waals surface area contributed by atoms with E-state index in [1.807, 2.05) is 4.90 Å². The Kier molecular flexibility index (Phi) is 5.19. The fourth-order valence-corrected chi connectivity index (χ4v) is 5.89. The van der Waals surface area contributed by atoms with Crippen molar-refractivity contribution in [1.82, 2.24) is 4.90 Å². The van der Waals surface area contributed by atoms with Gasteiger partial charge in [0.1, 0.15) is 17.5 Å². The lowest BCUT2D eigenvalue weighted by atomic mass is 9.86. The number of aliphatic hydroxyl groups is 1. The van der Waals surface area contributed by atoms with Crippen molar-refractivity contribution in [1.29, 1.82) is 0 Å². The summed E-state index contributed by atoms with van der Waals surface area (Å²) in [5.41, 5.74) is -0.327. The quantitative estimate of drug-likeness (QED) is 0.763. The maximum absolute atomic E-state index is 13.1. The fraction of sp³-hybridized carbons (Fsp3) is 0.350. The fourth-order valence-electron chi connectivity index (χ4n) is 3.65. The predicted molar refractivity (Wildman–Crippen MR) is 111 cm³/mol. The molecule has 0 radical (unpaired) electrons. The van der Waals surface area contributed by atoms with Crippen LogP contribution in [0.3, 0.4) is 0 Å². The molecule has 0 aliphatic carbocycles. The van der Waals surface area contributed by atoms with Gasteiger partial charge in [-0.25, -0.2) is 8.42 Å². The number of carbonyl (C=O) groups is 1. The minimum absolute atomic E-state index is 0.0213. The number of carbonyl (C=O) groups excluding carboxylic acids is 1. The molecule has 0 spiro atoms. The predicted octanol–water partition coefficient (Wildman–Crippen LogP) is 3.28. The lowest BCUT2D eigenvalue weighted by Gasteiger charge is -2.45. The van der Waals surface area contributed by atoms with Crippen LogP contribution in [-0.2, 0) is 14.6 Å². The highest BCUT2D eigenvalue weighted by atomic mass is 35.5. The second-order valence-corrected chi connectivity index (χ2v) is 11.0. The normalized spacial score (nSPS) is 24.2. The summed E-state index contributed by atoms with van der Waals surface area (Å²) in [5, 5.41) is 11.4. The van der Waals surface area contributed by atoms with E-state index in [-0.39, 0.29) is 21.5 Å². The zero-order valence-electron chi connectivity index (χ0n) is 15.8. The molecule has 4 rings (SSSR count). The van der Waals surface area contributed by atoms with Crippen molar-refractivity contribution in [2.75, 3.05) is 12.4 Å². The molecule has 2 atom stereocenters. The highest BCUT2D eigenvalue weighted by Crippen LogP contribution is 2.45. The Labute approximate surface area is 178 Å². The molecule has 2 aromatic carbocycles. The minimum atomic E-state index is -3.78. The molecule has 1 saturated heterocycles. The second-order valence-electron chi connectivity index (χ2n) is 7.64. The molecule has 1 N–H and O–H groups in total. The third kappa shape index (κ3) is 3.68. The first kappa shape index (κ1) is 20.7. The summed E-state index contributed by atoms with van der Waals surface area (Å²) in [5.74, 6) is 0.939. The largest absolute Gasteiger partial charge is 0.485 e. The van der Waals surface area contributed by atoms with E-state index in [4.69, 9.17) is 16.3 Å². The summed E-state index contributed by atoms with van der Waals surface area (Å²) < 4.78 is 32.2. The van der Waals surface area contributed by atoms with Gasteiger partial charge in [0.05, 0.1) is 28.3 Å². The number of ether oxygens (including phenoxy) is 1. The lowest BCUT2D eigenvalue weighted by Crippen LogP contribution is -2.53. The smallest absolute Gasteiger partial charge is 0.206 e. The maximum Gasteiger partial charge on any atom is 0.206 e.